The molecule has 0 aromatic heterocycles. The first-order chi connectivity index (χ1) is 15.3. The second kappa shape index (κ2) is 10.5. The molecule has 9 heteroatoms. The number of methoxy groups -OCH3 is 1. The largest absolute Gasteiger partial charge is 0.493 e. The van der Waals surface area contributed by atoms with Gasteiger partial charge in [0.1, 0.15) is 6.61 Å². The molecule has 6 nitrogen and oxygen atoms in total. The minimum Gasteiger partial charge on any atom is -0.493 e. The maximum atomic E-state index is 10.8. The lowest BCUT2D eigenvalue weighted by molar-refractivity contribution is -0.384. The summed E-state index contributed by atoms with van der Waals surface area (Å²) in [7, 11) is 1.51. The first-order valence-corrected chi connectivity index (χ1v) is 10.7. The van der Waals surface area contributed by atoms with Crippen molar-refractivity contribution in [2.45, 2.75) is 6.61 Å². The molecule has 0 aliphatic rings. The SMILES string of the molecule is COc1cc(/C=C(\C#N)c2ccc(Cl)cc2Cl)cc(Br)c1OCc1ccc([N+](=O)[O-])cc1. The molecule has 0 unspecified atom stereocenters. The normalized spacial score (nSPS) is 11.0. The van der Waals surface area contributed by atoms with Gasteiger partial charge in [0.15, 0.2) is 11.5 Å². The van der Waals surface area contributed by atoms with Gasteiger partial charge in [-0.1, -0.05) is 29.3 Å². The summed E-state index contributed by atoms with van der Waals surface area (Å²) in [4.78, 5) is 10.3. The Labute approximate surface area is 202 Å². The number of nitro benzene ring substituents is 1. The van der Waals surface area contributed by atoms with Gasteiger partial charge < -0.3 is 9.47 Å². The van der Waals surface area contributed by atoms with Gasteiger partial charge in [-0.05, 0) is 69.5 Å². The second-order valence-electron chi connectivity index (χ2n) is 6.54. The monoisotopic (exact) mass is 532 g/mol. The molecule has 0 spiro atoms. The first-order valence-electron chi connectivity index (χ1n) is 9.13. The van der Waals surface area contributed by atoms with E-state index in [0.29, 0.717) is 42.7 Å². The molecule has 3 rings (SSSR count). The molecule has 0 atom stereocenters. The van der Waals surface area contributed by atoms with Gasteiger partial charge in [-0.25, -0.2) is 0 Å². The third-order valence-electron chi connectivity index (χ3n) is 4.43. The number of nitriles is 1. The summed E-state index contributed by atoms with van der Waals surface area (Å²) in [5.74, 6) is 0.915. The Morgan fingerprint density at radius 3 is 2.50 bits per heavy atom. The summed E-state index contributed by atoms with van der Waals surface area (Å²) in [5, 5.41) is 21.3. The lowest BCUT2D eigenvalue weighted by Crippen LogP contribution is -1.99. The van der Waals surface area contributed by atoms with Crippen molar-refractivity contribution in [2.24, 2.45) is 0 Å². The Kier molecular flexibility index (Phi) is 7.75. The summed E-state index contributed by atoms with van der Waals surface area (Å²) >= 11 is 15.7. The van der Waals surface area contributed by atoms with E-state index < -0.39 is 4.92 Å². The standard InChI is InChI=1S/C23H15BrCl2N2O4/c1-31-22-10-15(8-16(12-27)19-7-4-17(25)11-21(19)26)9-20(24)23(22)32-13-14-2-5-18(6-3-14)28(29)30/h2-11H,13H2,1H3/b16-8+. The predicted molar refractivity (Wildman–Crippen MR) is 128 cm³/mol. The zero-order valence-electron chi connectivity index (χ0n) is 16.6. The number of halogens is 3. The van der Waals surface area contributed by atoms with Crippen molar-refractivity contribution in [3.63, 3.8) is 0 Å². The summed E-state index contributed by atoms with van der Waals surface area (Å²) in [6, 6.07) is 16.7. The average Bonchev–Trinajstić information content (AvgIpc) is 2.77. The van der Waals surface area contributed by atoms with E-state index in [9.17, 15) is 15.4 Å². The van der Waals surface area contributed by atoms with Crippen LogP contribution in [0.1, 0.15) is 16.7 Å². The molecule has 0 amide bonds. The minimum absolute atomic E-state index is 0.0118. The van der Waals surface area contributed by atoms with Crippen LogP contribution in [0.25, 0.3) is 11.6 Å². The lowest BCUT2D eigenvalue weighted by atomic mass is 10.0. The number of hydrogen-bond acceptors (Lipinski definition) is 5. The highest BCUT2D eigenvalue weighted by Crippen LogP contribution is 2.38. The summed E-state index contributed by atoms with van der Waals surface area (Å²) in [6.07, 6.45) is 1.68. The molecule has 3 aromatic carbocycles. The number of non-ortho nitro benzene ring substituents is 1. The van der Waals surface area contributed by atoms with Crippen LogP contribution in [0.15, 0.2) is 59.1 Å². The van der Waals surface area contributed by atoms with Gasteiger partial charge in [0.2, 0.25) is 0 Å². The quantitative estimate of drug-likeness (QED) is 0.137. The Balaban J connectivity index is 1.87. The highest BCUT2D eigenvalue weighted by atomic mass is 79.9. The number of nitrogens with zero attached hydrogens (tertiary/aromatic N) is 2. The molecule has 0 bridgehead atoms. The Morgan fingerprint density at radius 2 is 1.91 bits per heavy atom. The fourth-order valence-corrected chi connectivity index (χ4v) is 3.96. The van der Waals surface area contributed by atoms with E-state index in [4.69, 9.17) is 32.7 Å². The Bertz CT molecular complexity index is 1240. The van der Waals surface area contributed by atoms with Gasteiger partial charge >= 0.3 is 0 Å². The van der Waals surface area contributed by atoms with Crippen molar-refractivity contribution in [3.05, 3.63) is 95.9 Å². The smallest absolute Gasteiger partial charge is 0.269 e. The number of rotatable bonds is 7. The second-order valence-corrected chi connectivity index (χ2v) is 8.24. The fourth-order valence-electron chi connectivity index (χ4n) is 2.88. The molecule has 0 aliphatic heterocycles. The zero-order valence-corrected chi connectivity index (χ0v) is 19.7. The molecule has 0 saturated carbocycles. The summed E-state index contributed by atoms with van der Waals surface area (Å²) < 4.78 is 12.0. The van der Waals surface area contributed by atoms with E-state index in [1.165, 1.54) is 19.2 Å². The van der Waals surface area contributed by atoms with Crippen LogP contribution in [0.2, 0.25) is 10.0 Å². The summed E-state index contributed by atoms with van der Waals surface area (Å²) in [6.45, 7) is 0.186. The molecular weight excluding hydrogens is 519 g/mol. The maximum absolute atomic E-state index is 10.8. The molecular formula is C23H15BrCl2N2O4. The number of benzene rings is 3. The van der Waals surface area contributed by atoms with E-state index >= 15 is 0 Å². The average molecular weight is 534 g/mol. The molecule has 32 heavy (non-hydrogen) atoms. The molecule has 0 N–H and O–H groups in total. The van der Waals surface area contributed by atoms with Crippen LogP contribution < -0.4 is 9.47 Å². The van der Waals surface area contributed by atoms with Gasteiger partial charge in [-0.15, -0.1) is 0 Å². The zero-order chi connectivity index (χ0) is 23.3. The third kappa shape index (κ3) is 5.60. The number of nitro groups is 1. The van der Waals surface area contributed by atoms with Crippen LogP contribution in [-0.2, 0) is 6.61 Å². The van der Waals surface area contributed by atoms with Crippen LogP contribution in [0.4, 0.5) is 5.69 Å². The molecule has 0 fully saturated rings. The highest BCUT2D eigenvalue weighted by Gasteiger charge is 2.14. The highest BCUT2D eigenvalue weighted by molar-refractivity contribution is 9.10. The van der Waals surface area contributed by atoms with Crippen molar-refractivity contribution in [2.75, 3.05) is 7.11 Å². The summed E-state index contributed by atoms with van der Waals surface area (Å²) in [5.41, 5.74) is 2.39. The van der Waals surface area contributed by atoms with Gasteiger partial charge in [0, 0.05) is 22.7 Å². The van der Waals surface area contributed by atoms with E-state index in [0.717, 1.165) is 5.56 Å². The minimum atomic E-state index is -0.455. The van der Waals surface area contributed by atoms with E-state index in [1.54, 1.807) is 48.5 Å². The molecule has 0 radical (unpaired) electrons. The van der Waals surface area contributed by atoms with E-state index in [2.05, 4.69) is 22.0 Å². The maximum Gasteiger partial charge on any atom is 0.269 e. The third-order valence-corrected chi connectivity index (χ3v) is 5.57. The van der Waals surface area contributed by atoms with Gasteiger partial charge in [0.25, 0.3) is 5.69 Å². The van der Waals surface area contributed by atoms with Crippen molar-refractivity contribution >= 4 is 56.5 Å². The van der Waals surface area contributed by atoms with E-state index in [1.807, 2.05) is 0 Å². The first kappa shape index (κ1) is 23.6. The van der Waals surface area contributed by atoms with Crippen molar-refractivity contribution in [1.82, 2.24) is 0 Å². The van der Waals surface area contributed by atoms with Crippen LogP contribution in [0, 0.1) is 21.4 Å². The van der Waals surface area contributed by atoms with Gasteiger partial charge in [-0.2, -0.15) is 5.26 Å². The van der Waals surface area contributed by atoms with Gasteiger partial charge in [-0.3, -0.25) is 10.1 Å². The lowest BCUT2D eigenvalue weighted by Gasteiger charge is -2.14. The van der Waals surface area contributed by atoms with Crippen LogP contribution >= 0.6 is 39.1 Å². The van der Waals surface area contributed by atoms with Crippen LogP contribution in [-0.4, -0.2) is 12.0 Å². The fraction of sp³-hybridized carbons (Fsp3) is 0.0870. The number of allylic oxidation sites excluding steroid dienone is 1. The Morgan fingerprint density at radius 1 is 1.19 bits per heavy atom. The van der Waals surface area contributed by atoms with E-state index in [-0.39, 0.29) is 12.3 Å². The van der Waals surface area contributed by atoms with Crippen molar-refractivity contribution in [3.8, 4) is 17.6 Å². The Hall–Kier alpha value is -3.05. The van der Waals surface area contributed by atoms with Crippen molar-refractivity contribution in [1.29, 1.82) is 5.26 Å². The molecule has 0 heterocycles. The van der Waals surface area contributed by atoms with Crippen molar-refractivity contribution < 1.29 is 14.4 Å². The van der Waals surface area contributed by atoms with Crippen LogP contribution in [0.3, 0.4) is 0 Å². The molecule has 3 aromatic rings. The number of hydrogen-bond donors (Lipinski definition) is 0. The van der Waals surface area contributed by atoms with Crippen LogP contribution in [0.5, 0.6) is 11.5 Å². The molecule has 162 valence electrons. The number of ether oxygens (including phenoxy) is 2. The van der Waals surface area contributed by atoms with Gasteiger partial charge in [0.05, 0.1) is 33.2 Å². The predicted octanol–water partition coefficient (Wildman–Crippen LogP) is 7.32. The molecule has 0 aliphatic carbocycles. The topological polar surface area (TPSA) is 85.4 Å². The molecule has 0 saturated heterocycles.